The van der Waals surface area contributed by atoms with Crippen molar-refractivity contribution in [2.45, 2.75) is 10.9 Å². The number of hydrogen-bond donors (Lipinski definition) is 0. The molecule has 0 aliphatic heterocycles. The Hall–Kier alpha value is -1.70. The molecule has 0 atom stereocenters. The molecule has 0 saturated heterocycles. The Labute approximate surface area is 151 Å². The molecule has 0 saturated carbocycles. The van der Waals surface area contributed by atoms with E-state index in [0.29, 0.717) is 32.1 Å². The van der Waals surface area contributed by atoms with Gasteiger partial charge in [0.05, 0.1) is 10.0 Å². The first-order valence-corrected chi connectivity index (χ1v) is 8.75. The van der Waals surface area contributed by atoms with E-state index < -0.39 is 5.69 Å². The first-order valence-electron chi connectivity index (χ1n) is 7.01. The van der Waals surface area contributed by atoms with Gasteiger partial charge in [-0.15, -0.1) is 0 Å². The molecular weight excluding hydrogens is 371 g/mol. The number of aryl methyl sites for hydroxylation is 2. The van der Waals surface area contributed by atoms with E-state index in [4.69, 9.17) is 23.2 Å². The van der Waals surface area contributed by atoms with Crippen molar-refractivity contribution in [3.8, 4) is 0 Å². The second-order valence-corrected chi connectivity index (χ2v) is 7.06. The number of nitrogens with zero attached hydrogens (tertiary/aromatic N) is 4. The smallest absolute Gasteiger partial charge is 0.316 e. The Balaban J connectivity index is 2.05. The Morgan fingerprint density at radius 1 is 1.08 bits per heavy atom. The molecule has 0 bridgehead atoms. The zero-order chi connectivity index (χ0) is 17.6. The third-order valence-electron chi connectivity index (χ3n) is 3.82. The van der Waals surface area contributed by atoms with E-state index in [1.165, 1.54) is 23.4 Å². The van der Waals surface area contributed by atoms with Crippen molar-refractivity contribution in [1.82, 2.24) is 18.7 Å². The molecule has 3 rings (SSSR count). The van der Waals surface area contributed by atoms with Gasteiger partial charge in [0.2, 0.25) is 0 Å². The van der Waals surface area contributed by atoms with Crippen molar-refractivity contribution in [2.75, 3.05) is 0 Å². The van der Waals surface area contributed by atoms with Crippen LogP contribution in [0.25, 0.3) is 11.2 Å². The molecule has 2 aromatic heterocycles. The molecule has 0 amide bonds. The fourth-order valence-electron chi connectivity index (χ4n) is 2.43. The van der Waals surface area contributed by atoms with Crippen LogP contribution >= 0.6 is 35.0 Å². The Morgan fingerprint density at radius 3 is 2.50 bits per heavy atom. The van der Waals surface area contributed by atoms with Gasteiger partial charge in [-0.05, 0) is 11.6 Å². The standard InChI is InChI=1S/C15H14Cl2N4O2S/c1-19-11-12(20(2)15(23)21(3)13(11)22)18-14(19)24-7-8-5-4-6-9(16)10(8)17/h4-6H,7H2,1-3H3. The van der Waals surface area contributed by atoms with Crippen LogP contribution in [0.2, 0.25) is 10.0 Å². The van der Waals surface area contributed by atoms with Gasteiger partial charge in [-0.1, -0.05) is 47.1 Å². The number of thioether (sulfide) groups is 1. The molecule has 0 aliphatic rings. The minimum absolute atomic E-state index is 0.365. The van der Waals surface area contributed by atoms with Gasteiger partial charge in [0.15, 0.2) is 16.3 Å². The van der Waals surface area contributed by atoms with E-state index in [2.05, 4.69) is 4.98 Å². The highest BCUT2D eigenvalue weighted by molar-refractivity contribution is 7.98. The van der Waals surface area contributed by atoms with Crippen molar-refractivity contribution in [3.05, 3.63) is 54.6 Å². The molecule has 1 aromatic carbocycles. The van der Waals surface area contributed by atoms with Gasteiger partial charge in [0, 0.05) is 26.9 Å². The molecule has 0 fully saturated rings. The molecule has 0 radical (unpaired) electrons. The molecule has 3 aromatic rings. The van der Waals surface area contributed by atoms with Crippen molar-refractivity contribution in [1.29, 1.82) is 0 Å². The highest BCUT2D eigenvalue weighted by Crippen LogP contribution is 2.31. The molecule has 0 spiro atoms. The summed E-state index contributed by atoms with van der Waals surface area (Å²) in [5, 5.41) is 1.63. The monoisotopic (exact) mass is 384 g/mol. The van der Waals surface area contributed by atoms with Gasteiger partial charge >= 0.3 is 5.69 Å². The number of hydrogen-bond acceptors (Lipinski definition) is 4. The fraction of sp³-hybridized carbons (Fsp3) is 0.267. The molecule has 0 aliphatic carbocycles. The van der Waals surface area contributed by atoms with E-state index >= 15 is 0 Å². The minimum atomic E-state index is -0.403. The quantitative estimate of drug-likeness (QED) is 0.651. The third-order valence-corrected chi connectivity index (χ3v) is 5.76. The zero-order valence-corrected chi connectivity index (χ0v) is 15.5. The topological polar surface area (TPSA) is 61.8 Å². The van der Waals surface area contributed by atoms with Gasteiger partial charge in [-0.3, -0.25) is 13.9 Å². The Bertz CT molecular complexity index is 1070. The number of halogens is 2. The van der Waals surface area contributed by atoms with Crippen LogP contribution < -0.4 is 11.2 Å². The first-order chi connectivity index (χ1) is 11.3. The summed E-state index contributed by atoms with van der Waals surface area (Å²) in [7, 11) is 4.80. The van der Waals surface area contributed by atoms with Crippen LogP contribution in [-0.2, 0) is 26.9 Å². The lowest BCUT2D eigenvalue weighted by atomic mass is 10.2. The second kappa shape index (κ2) is 6.31. The van der Waals surface area contributed by atoms with Crippen LogP contribution in [0.4, 0.5) is 0 Å². The molecular formula is C15H14Cl2N4O2S. The van der Waals surface area contributed by atoms with Crippen LogP contribution in [0.5, 0.6) is 0 Å². The van der Waals surface area contributed by atoms with Gasteiger partial charge in [0.25, 0.3) is 5.56 Å². The SMILES string of the molecule is Cn1c(=O)c2c(nc(SCc3cccc(Cl)c3Cl)n2C)n(C)c1=O. The van der Waals surface area contributed by atoms with E-state index in [0.717, 1.165) is 10.1 Å². The predicted molar refractivity (Wildman–Crippen MR) is 97.2 cm³/mol. The summed E-state index contributed by atoms with van der Waals surface area (Å²) >= 11 is 13.6. The highest BCUT2D eigenvalue weighted by Gasteiger charge is 2.17. The number of imidazole rings is 1. The maximum Gasteiger partial charge on any atom is 0.332 e. The van der Waals surface area contributed by atoms with Gasteiger partial charge in [-0.25, -0.2) is 9.78 Å². The molecule has 24 heavy (non-hydrogen) atoms. The van der Waals surface area contributed by atoms with Crippen molar-refractivity contribution < 1.29 is 0 Å². The number of benzene rings is 1. The summed E-state index contributed by atoms with van der Waals surface area (Å²) in [6, 6.07) is 5.45. The summed E-state index contributed by atoms with van der Waals surface area (Å²) in [5.41, 5.74) is 0.864. The van der Waals surface area contributed by atoms with E-state index in [1.54, 1.807) is 24.7 Å². The molecule has 9 heteroatoms. The lowest BCUT2D eigenvalue weighted by Gasteiger charge is -2.05. The van der Waals surface area contributed by atoms with Gasteiger partial charge in [-0.2, -0.15) is 0 Å². The Morgan fingerprint density at radius 2 is 1.79 bits per heavy atom. The molecule has 6 nitrogen and oxygen atoms in total. The maximum atomic E-state index is 12.3. The summed E-state index contributed by atoms with van der Waals surface area (Å²) < 4.78 is 4.14. The largest absolute Gasteiger partial charge is 0.332 e. The van der Waals surface area contributed by atoms with E-state index in [-0.39, 0.29) is 5.56 Å². The summed E-state index contributed by atoms with van der Waals surface area (Å²) in [5.74, 6) is 0.546. The van der Waals surface area contributed by atoms with Crippen LogP contribution in [0.1, 0.15) is 5.56 Å². The maximum absolute atomic E-state index is 12.3. The van der Waals surface area contributed by atoms with Crippen LogP contribution in [0, 0.1) is 0 Å². The first kappa shape index (κ1) is 17.1. The van der Waals surface area contributed by atoms with Crippen molar-refractivity contribution in [2.24, 2.45) is 21.1 Å². The average molecular weight is 385 g/mol. The number of rotatable bonds is 3. The second-order valence-electron chi connectivity index (χ2n) is 5.33. The summed E-state index contributed by atoms with van der Waals surface area (Å²) in [4.78, 5) is 28.8. The molecule has 0 N–H and O–H groups in total. The molecule has 2 heterocycles. The van der Waals surface area contributed by atoms with Gasteiger partial charge < -0.3 is 4.57 Å². The lowest BCUT2D eigenvalue weighted by molar-refractivity contribution is 0.705. The average Bonchev–Trinajstić information content (AvgIpc) is 2.89. The zero-order valence-electron chi connectivity index (χ0n) is 13.2. The van der Waals surface area contributed by atoms with Crippen LogP contribution in [-0.4, -0.2) is 18.7 Å². The van der Waals surface area contributed by atoms with E-state index in [9.17, 15) is 9.59 Å². The summed E-state index contributed by atoms with van der Waals surface area (Å²) in [6.45, 7) is 0. The number of fused-ring (bicyclic) bond motifs is 1. The fourth-order valence-corrected chi connectivity index (χ4v) is 3.86. The van der Waals surface area contributed by atoms with Gasteiger partial charge in [0.1, 0.15) is 0 Å². The normalized spacial score (nSPS) is 11.4. The highest BCUT2D eigenvalue weighted by atomic mass is 35.5. The lowest BCUT2D eigenvalue weighted by Crippen LogP contribution is -2.37. The third kappa shape index (κ3) is 2.66. The number of aromatic nitrogens is 4. The molecule has 126 valence electrons. The summed E-state index contributed by atoms with van der Waals surface area (Å²) in [6.07, 6.45) is 0. The molecule has 0 unspecified atom stereocenters. The van der Waals surface area contributed by atoms with E-state index in [1.807, 2.05) is 12.1 Å². The predicted octanol–water partition coefficient (Wildman–Crippen LogP) is 2.57. The van der Waals surface area contributed by atoms with Crippen molar-refractivity contribution >= 4 is 46.1 Å². The van der Waals surface area contributed by atoms with Crippen molar-refractivity contribution in [3.63, 3.8) is 0 Å². The Kier molecular flexibility index (Phi) is 4.50. The van der Waals surface area contributed by atoms with Crippen LogP contribution in [0.3, 0.4) is 0 Å². The minimum Gasteiger partial charge on any atom is -0.316 e. The van der Waals surface area contributed by atoms with Crippen LogP contribution in [0.15, 0.2) is 32.9 Å².